The van der Waals surface area contributed by atoms with Crippen LogP contribution in [0, 0.1) is 0 Å². The van der Waals surface area contributed by atoms with Gasteiger partial charge in [0, 0.05) is 16.8 Å². The first-order valence-electron chi connectivity index (χ1n) is 7.17. The van der Waals surface area contributed by atoms with Gasteiger partial charge >= 0.3 is 0 Å². The van der Waals surface area contributed by atoms with E-state index in [9.17, 15) is 16.8 Å². The molecule has 2 N–H and O–H groups in total. The van der Waals surface area contributed by atoms with E-state index in [0.29, 0.717) is 5.02 Å². The summed E-state index contributed by atoms with van der Waals surface area (Å²) in [5, 5.41) is 0.437. The minimum Gasteiger partial charge on any atom is -0.280 e. The molecule has 128 valence electrons. The standard InChI is InChI=1S/C15H15ClN2O4S2/c16-11-1-7-14(8-2-11)23(19,20)18-13-5-9-15(10-6-13)24(21,22)17-12-3-4-12/h1-2,5-10,12,17-18H,3-4H2. The summed E-state index contributed by atoms with van der Waals surface area (Å²) in [6.45, 7) is 0. The van der Waals surface area contributed by atoms with Gasteiger partial charge in [-0.2, -0.15) is 0 Å². The molecule has 2 aromatic rings. The molecule has 0 atom stereocenters. The third-order valence-electron chi connectivity index (χ3n) is 3.44. The molecule has 1 fully saturated rings. The number of halogens is 1. The van der Waals surface area contributed by atoms with Crippen molar-refractivity contribution >= 4 is 37.3 Å². The molecule has 3 rings (SSSR count). The van der Waals surface area contributed by atoms with Gasteiger partial charge in [0.15, 0.2) is 0 Å². The van der Waals surface area contributed by atoms with Crippen molar-refractivity contribution in [1.29, 1.82) is 0 Å². The summed E-state index contributed by atoms with van der Waals surface area (Å²) in [4.78, 5) is 0.169. The van der Waals surface area contributed by atoms with E-state index in [4.69, 9.17) is 11.6 Å². The molecule has 0 saturated heterocycles. The van der Waals surface area contributed by atoms with Crippen molar-refractivity contribution in [2.75, 3.05) is 4.72 Å². The third-order valence-corrected chi connectivity index (χ3v) is 6.63. The second-order valence-electron chi connectivity index (χ2n) is 5.48. The molecule has 0 heterocycles. The number of anilines is 1. The average molecular weight is 387 g/mol. The van der Waals surface area contributed by atoms with E-state index in [2.05, 4.69) is 9.44 Å². The molecule has 1 saturated carbocycles. The zero-order valence-corrected chi connectivity index (χ0v) is 14.8. The molecule has 0 bridgehead atoms. The lowest BCUT2D eigenvalue weighted by molar-refractivity contribution is 0.581. The van der Waals surface area contributed by atoms with Gasteiger partial charge in [0.1, 0.15) is 0 Å². The van der Waals surface area contributed by atoms with Crippen LogP contribution in [0.15, 0.2) is 58.3 Å². The van der Waals surface area contributed by atoms with Gasteiger partial charge in [-0.25, -0.2) is 21.6 Å². The van der Waals surface area contributed by atoms with Crippen LogP contribution in [0.3, 0.4) is 0 Å². The molecular formula is C15H15ClN2O4S2. The normalized spacial score (nSPS) is 15.2. The average Bonchev–Trinajstić information content (AvgIpc) is 3.31. The van der Waals surface area contributed by atoms with Crippen molar-refractivity contribution in [2.45, 2.75) is 28.7 Å². The van der Waals surface area contributed by atoms with Gasteiger partial charge in [-0.15, -0.1) is 0 Å². The molecule has 1 aliphatic rings. The lowest BCUT2D eigenvalue weighted by Gasteiger charge is -2.10. The van der Waals surface area contributed by atoms with Crippen molar-refractivity contribution in [1.82, 2.24) is 4.72 Å². The Bertz CT molecular complexity index is 936. The molecule has 0 amide bonds. The Labute approximate surface area is 146 Å². The molecule has 0 aliphatic heterocycles. The molecule has 24 heavy (non-hydrogen) atoms. The maximum atomic E-state index is 12.3. The number of sulfonamides is 2. The number of hydrogen-bond donors (Lipinski definition) is 2. The van der Waals surface area contributed by atoms with Crippen LogP contribution in [0.5, 0.6) is 0 Å². The summed E-state index contributed by atoms with van der Waals surface area (Å²) < 4.78 is 53.6. The van der Waals surface area contributed by atoms with Crippen LogP contribution in [0.1, 0.15) is 12.8 Å². The number of hydrogen-bond acceptors (Lipinski definition) is 4. The molecule has 0 radical (unpaired) electrons. The summed E-state index contributed by atoms with van der Waals surface area (Å²) in [5.41, 5.74) is 0.273. The lowest BCUT2D eigenvalue weighted by atomic mass is 10.3. The highest BCUT2D eigenvalue weighted by molar-refractivity contribution is 7.92. The fraction of sp³-hybridized carbons (Fsp3) is 0.200. The van der Waals surface area contributed by atoms with Crippen LogP contribution in [0.2, 0.25) is 5.02 Å². The number of nitrogens with one attached hydrogen (secondary N) is 2. The van der Waals surface area contributed by atoms with E-state index in [-0.39, 0.29) is 21.5 Å². The molecule has 2 aromatic carbocycles. The van der Waals surface area contributed by atoms with E-state index in [1.165, 1.54) is 48.5 Å². The monoisotopic (exact) mass is 386 g/mol. The predicted molar refractivity (Wildman–Crippen MR) is 92.0 cm³/mol. The van der Waals surface area contributed by atoms with Crippen molar-refractivity contribution < 1.29 is 16.8 Å². The fourth-order valence-corrected chi connectivity index (χ4v) is 4.51. The SMILES string of the molecule is O=S(=O)(Nc1ccc(S(=O)(=O)NC2CC2)cc1)c1ccc(Cl)cc1. The molecule has 0 unspecified atom stereocenters. The summed E-state index contributed by atoms with van der Waals surface area (Å²) in [6.07, 6.45) is 1.69. The van der Waals surface area contributed by atoms with Crippen LogP contribution in [0.4, 0.5) is 5.69 Å². The highest BCUT2D eigenvalue weighted by Crippen LogP contribution is 2.23. The maximum absolute atomic E-state index is 12.3. The van der Waals surface area contributed by atoms with Crippen molar-refractivity contribution in [3.05, 3.63) is 53.6 Å². The number of benzene rings is 2. The van der Waals surface area contributed by atoms with Gasteiger partial charge in [-0.05, 0) is 61.4 Å². The van der Waals surface area contributed by atoms with Gasteiger partial charge in [0.25, 0.3) is 10.0 Å². The van der Waals surface area contributed by atoms with Crippen molar-refractivity contribution in [2.24, 2.45) is 0 Å². The molecule has 9 heteroatoms. The van der Waals surface area contributed by atoms with E-state index in [0.717, 1.165) is 12.8 Å². The first kappa shape index (κ1) is 17.2. The second kappa shape index (κ2) is 6.36. The zero-order chi connectivity index (χ0) is 17.4. The van der Waals surface area contributed by atoms with Crippen LogP contribution < -0.4 is 9.44 Å². The van der Waals surface area contributed by atoms with E-state index >= 15 is 0 Å². The molecule has 0 aromatic heterocycles. The molecule has 0 spiro atoms. The van der Waals surface area contributed by atoms with Crippen LogP contribution >= 0.6 is 11.6 Å². The zero-order valence-electron chi connectivity index (χ0n) is 12.4. The van der Waals surface area contributed by atoms with E-state index in [1.54, 1.807) is 0 Å². The summed E-state index contributed by atoms with van der Waals surface area (Å²) in [7, 11) is -7.32. The van der Waals surface area contributed by atoms with Gasteiger partial charge in [-0.1, -0.05) is 11.6 Å². The summed E-state index contributed by atoms with van der Waals surface area (Å²) in [5.74, 6) is 0. The Morgan fingerprint density at radius 2 is 1.29 bits per heavy atom. The molecular weight excluding hydrogens is 372 g/mol. The topological polar surface area (TPSA) is 92.3 Å². The Morgan fingerprint density at radius 1 is 0.792 bits per heavy atom. The predicted octanol–water partition coefficient (Wildman–Crippen LogP) is 2.58. The Kier molecular flexibility index (Phi) is 4.56. The first-order valence-corrected chi connectivity index (χ1v) is 10.5. The minimum atomic E-state index is -3.76. The summed E-state index contributed by atoms with van der Waals surface area (Å²) in [6, 6.07) is 11.3. The van der Waals surface area contributed by atoms with Crippen molar-refractivity contribution in [3.63, 3.8) is 0 Å². The lowest BCUT2D eigenvalue weighted by Crippen LogP contribution is -2.25. The number of rotatable bonds is 6. The first-order chi connectivity index (χ1) is 11.3. The largest absolute Gasteiger partial charge is 0.280 e. The van der Waals surface area contributed by atoms with Crippen LogP contribution in [0.25, 0.3) is 0 Å². The maximum Gasteiger partial charge on any atom is 0.261 e. The van der Waals surface area contributed by atoms with Crippen LogP contribution in [-0.4, -0.2) is 22.9 Å². The Morgan fingerprint density at radius 3 is 1.83 bits per heavy atom. The summed E-state index contributed by atoms with van der Waals surface area (Å²) >= 11 is 5.74. The Hall–Kier alpha value is -1.61. The quantitative estimate of drug-likeness (QED) is 0.798. The van der Waals surface area contributed by atoms with Crippen LogP contribution in [-0.2, 0) is 20.0 Å². The highest BCUT2D eigenvalue weighted by Gasteiger charge is 2.27. The molecule has 1 aliphatic carbocycles. The fourth-order valence-electron chi connectivity index (χ4n) is 2.02. The van der Waals surface area contributed by atoms with Gasteiger partial charge in [0.2, 0.25) is 10.0 Å². The van der Waals surface area contributed by atoms with Crippen molar-refractivity contribution in [3.8, 4) is 0 Å². The highest BCUT2D eigenvalue weighted by atomic mass is 35.5. The third kappa shape index (κ3) is 4.07. The smallest absolute Gasteiger partial charge is 0.261 e. The van der Waals surface area contributed by atoms with E-state index in [1.807, 2.05) is 0 Å². The van der Waals surface area contributed by atoms with Gasteiger partial charge < -0.3 is 0 Å². The second-order valence-corrected chi connectivity index (χ2v) is 9.31. The minimum absolute atomic E-state index is 0.0121. The van der Waals surface area contributed by atoms with Gasteiger partial charge in [-0.3, -0.25) is 4.72 Å². The Balaban J connectivity index is 1.77. The molecule has 6 nitrogen and oxygen atoms in total. The van der Waals surface area contributed by atoms with E-state index < -0.39 is 20.0 Å². The van der Waals surface area contributed by atoms with Gasteiger partial charge in [0.05, 0.1) is 9.79 Å².